The molecule has 1 heterocycles. The number of thioether (sulfide) groups is 1. The highest BCUT2D eigenvalue weighted by Crippen LogP contribution is 2.33. The van der Waals surface area contributed by atoms with Crippen LogP contribution in [-0.4, -0.2) is 34.2 Å². The Morgan fingerprint density at radius 2 is 1.82 bits per heavy atom. The highest BCUT2D eigenvalue weighted by atomic mass is 35.5. The fourth-order valence-electron chi connectivity index (χ4n) is 3.30. The number of amides is 2. The molecule has 2 amide bonds. The van der Waals surface area contributed by atoms with E-state index in [1.54, 1.807) is 41.3 Å². The van der Waals surface area contributed by atoms with Crippen LogP contribution in [0.3, 0.4) is 0 Å². The van der Waals surface area contributed by atoms with Crippen molar-refractivity contribution in [2.45, 2.75) is 6.42 Å². The van der Waals surface area contributed by atoms with Crippen LogP contribution < -0.4 is 10.1 Å². The lowest BCUT2D eigenvalue weighted by atomic mass is 10.1. The minimum Gasteiger partial charge on any atom is -0.484 e. The molecule has 1 aliphatic heterocycles. The van der Waals surface area contributed by atoms with Gasteiger partial charge in [-0.25, -0.2) is 0 Å². The lowest BCUT2D eigenvalue weighted by Crippen LogP contribution is -2.30. The van der Waals surface area contributed by atoms with Gasteiger partial charge in [-0.05, 0) is 54.0 Å². The molecule has 3 aromatic rings. The summed E-state index contributed by atoms with van der Waals surface area (Å²) in [6.07, 6.45) is 2.56. The standard InChI is InChI=1S/C26H21ClN2O3S2/c27-20-7-4-8-21(16-20)28-24(30)17-32-22-11-9-19(10-12-22)15-23-25(31)29(26(33)34-23)14-13-18-5-2-1-3-6-18/h1-12,15-16H,13-14,17H2,(H,28,30)/b23-15-. The lowest BCUT2D eigenvalue weighted by molar-refractivity contribution is -0.122. The molecule has 0 radical (unpaired) electrons. The maximum Gasteiger partial charge on any atom is 0.266 e. The predicted octanol–water partition coefficient (Wildman–Crippen LogP) is 5.80. The molecule has 5 nitrogen and oxygen atoms in total. The second kappa shape index (κ2) is 11.3. The highest BCUT2D eigenvalue weighted by Gasteiger charge is 2.31. The quantitative estimate of drug-likeness (QED) is 0.308. The van der Waals surface area contributed by atoms with Gasteiger partial charge in [0.1, 0.15) is 10.1 Å². The smallest absolute Gasteiger partial charge is 0.266 e. The Morgan fingerprint density at radius 1 is 1.06 bits per heavy atom. The van der Waals surface area contributed by atoms with Crippen LogP contribution in [0.25, 0.3) is 6.08 Å². The van der Waals surface area contributed by atoms with Gasteiger partial charge in [-0.1, -0.05) is 84.1 Å². The zero-order valence-electron chi connectivity index (χ0n) is 18.1. The Bertz CT molecular complexity index is 1230. The number of hydrogen-bond donors (Lipinski definition) is 1. The van der Waals surface area contributed by atoms with Crippen LogP contribution in [0.15, 0.2) is 83.8 Å². The van der Waals surface area contributed by atoms with E-state index < -0.39 is 0 Å². The van der Waals surface area contributed by atoms with E-state index in [1.165, 1.54) is 11.8 Å². The van der Waals surface area contributed by atoms with Crippen molar-refractivity contribution in [3.63, 3.8) is 0 Å². The summed E-state index contributed by atoms with van der Waals surface area (Å²) in [5.41, 5.74) is 2.62. The van der Waals surface area contributed by atoms with E-state index in [1.807, 2.05) is 48.5 Å². The number of carbonyl (C=O) groups excluding carboxylic acids is 2. The van der Waals surface area contributed by atoms with E-state index in [2.05, 4.69) is 5.32 Å². The molecule has 0 spiro atoms. The second-order valence-corrected chi connectivity index (χ2v) is 9.60. The zero-order valence-corrected chi connectivity index (χ0v) is 20.5. The first kappa shape index (κ1) is 24.0. The lowest BCUT2D eigenvalue weighted by Gasteiger charge is -2.14. The number of anilines is 1. The fraction of sp³-hybridized carbons (Fsp3) is 0.115. The molecular formula is C26H21ClN2O3S2. The van der Waals surface area contributed by atoms with Gasteiger partial charge in [-0.3, -0.25) is 14.5 Å². The molecule has 0 aromatic heterocycles. The van der Waals surface area contributed by atoms with Gasteiger partial charge in [0.05, 0.1) is 4.91 Å². The number of rotatable bonds is 8. The van der Waals surface area contributed by atoms with Gasteiger partial charge in [0, 0.05) is 17.3 Å². The number of ether oxygens (including phenoxy) is 1. The molecule has 0 saturated carbocycles. The molecule has 1 aliphatic rings. The highest BCUT2D eigenvalue weighted by molar-refractivity contribution is 8.26. The summed E-state index contributed by atoms with van der Waals surface area (Å²) < 4.78 is 6.13. The molecular weight excluding hydrogens is 488 g/mol. The second-order valence-electron chi connectivity index (χ2n) is 7.49. The van der Waals surface area contributed by atoms with E-state index in [0.717, 1.165) is 17.5 Å². The van der Waals surface area contributed by atoms with Gasteiger partial charge in [0.15, 0.2) is 6.61 Å². The van der Waals surface area contributed by atoms with Crippen molar-refractivity contribution in [1.82, 2.24) is 4.90 Å². The molecule has 0 bridgehead atoms. The molecule has 172 valence electrons. The largest absolute Gasteiger partial charge is 0.484 e. The van der Waals surface area contributed by atoms with E-state index in [9.17, 15) is 9.59 Å². The molecule has 1 saturated heterocycles. The summed E-state index contributed by atoms with van der Waals surface area (Å²) in [5.74, 6) is 0.184. The first-order valence-corrected chi connectivity index (χ1v) is 12.2. The summed E-state index contributed by atoms with van der Waals surface area (Å²) in [5, 5.41) is 3.28. The van der Waals surface area contributed by atoms with Gasteiger partial charge < -0.3 is 10.1 Å². The number of thiocarbonyl (C=S) groups is 1. The Balaban J connectivity index is 1.31. The Labute approximate surface area is 212 Å². The summed E-state index contributed by atoms with van der Waals surface area (Å²) in [4.78, 5) is 27.2. The maximum absolute atomic E-state index is 12.8. The third kappa shape index (κ3) is 6.47. The van der Waals surface area contributed by atoms with Gasteiger partial charge >= 0.3 is 0 Å². The number of hydrogen-bond acceptors (Lipinski definition) is 5. The monoisotopic (exact) mass is 508 g/mol. The number of carbonyl (C=O) groups is 2. The van der Waals surface area contributed by atoms with Crippen LogP contribution in [0.5, 0.6) is 5.75 Å². The first-order chi connectivity index (χ1) is 16.5. The first-order valence-electron chi connectivity index (χ1n) is 10.6. The van der Waals surface area contributed by atoms with Crippen LogP contribution in [0, 0.1) is 0 Å². The van der Waals surface area contributed by atoms with Crippen LogP contribution >= 0.6 is 35.6 Å². The molecule has 0 atom stereocenters. The van der Waals surface area contributed by atoms with Gasteiger partial charge in [0.2, 0.25) is 0 Å². The Morgan fingerprint density at radius 3 is 2.56 bits per heavy atom. The minimum absolute atomic E-state index is 0.0797. The van der Waals surface area contributed by atoms with E-state index in [-0.39, 0.29) is 18.4 Å². The topological polar surface area (TPSA) is 58.6 Å². The third-order valence-electron chi connectivity index (χ3n) is 5.00. The van der Waals surface area contributed by atoms with Crippen molar-refractivity contribution in [1.29, 1.82) is 0 Å². The predicted molar refractivity (Wildman–Crippen MR) is 142 cm³/mol. The van der Waals surface area contributed by atoms with Gasteiger partial charge in [0.25, 0.3) is 11.8 Å². The van der Waals surface area contributed by atoms with E-state index in [4.69, 9.17) is 28.6 Å². The van der Waals surface area contributed by atoms with Gasteiger partial charge in [-0.2, -0.15) is 0 Å². The molecule has 0 aliphatic carbocycles. The van der Waals surface area contributed by atoms with Crippen molar-refractivity contribution >= 4 is 63.5 Å². The summed E-state index contributed by atoms with van der Waals surface area (Å²) in [6.45, 7) is 0.419. The number of halogens is 1. The SMILES string of the molecule is O=C(COc1ccc(/C=C2\SC(=S)N(CCc3ccccc3)C2=O)cc1)Nc1cccc(Cl)c1. The van der Waals surface area contributed by atoms with E-state index in [0.29, 0.717) is 32.2 Å². The average Bonchev–Trinajstić information content (AvgIpc) is 3.10. The van der Waals surface area contributed by atoms with E-state index >= 15 is 0 Å². The Kier molecular flexibility index (Phi) is 8.00. The van der Waals surface area contributed by atoms with Crippen molar-refractivity contribution < 1.29 is 14.3 Å². The third-order valence-corrected chi connectivity index (χ3v) is 6.61. The van der Waals surface area contributed by atoms with Crippen LogP contribution in [0.2, 0.25) is 5.02 Å². The number of nitrogens with zero attached hydrogens (tertiary/aromatic N) is 1. The molecule has 4 rings (SSSR count). The summed E-state index contributed by atoms with van der Waals surface area (Å²) >= 11 is 12.7. The molecule has 1 N–H and O–H groups in total. The van der Waals surface area contributed by atoms with Crippen molar-refractivity contribution in [2.75, 3.05) is 18.5 Å². The summed E-state index contributed by atoms with van der Waals surface area (Å²) in [7, 11) is 0. The number of benzene rings is 3. The average molecular weight is 509 g/mol. The fourth-order valence-corrected chi connectivity index (χ4v) is 4.80. The zero-order chi connectivity index (χ0) is 23.9. The normalized spacial score (nSPS) is 14.5. The van der Waals surface area contributed by atoms with Crippen molar-refractivity contribution in [2.24, 2.45) is 0 Å². The number of nitrogens with one attached hydrogen (secondary N) is 1. The molecule has 3 aromatic carbocycles. The molecule has 34 heavy (non-hydrogen) atoms. The van der Waals surface area contributed by atoms with Crippen molar-refractivity contribution in [3.8, 4) is 5.75 Å². The van der Waals surface area contributed by atoms with Crippen LogP contribution in [0.4, 0.5) is 5.69 Å². The van der Waals surface area contributed by atoms with Crippen LogP contribution in [-0.2, 0) is 16.0 Å². The van der Waals surface area contributed by atoms with Crippen molar-refractivity contribution in [3.05, 3.63) is 99.9 Å². The van der Waals surface area contributed by atoms with Crippen LogP contribution in [0.1, 0.15) is 11.1 Å². The Hall–Kier alpha value is -3.13. The molecule has 1 fully saturated rings. The minimum atomic E-state index is -0.287. The molecule has 0 unspecified atom stereocenters. The van der Waals surface area contributed by atoms with Gasteiger partial charge in [-0.15, -0.1) is 0 Å². The summed E-state index contributed by atoms with van der Waals surface area (Å²) in [6, 6.07) is 24.1. The maximum atomic E-state index is 12.8. The molecule has 8 heteroatoms.